The van der Waals surface area contributed by atoms with Crippen LogP contribution in [0, 0.1) is 17.8 Å². The highest BCUT2D eigenvalue weighted by Crippen LogP contribution is 1.94. The van der Waals surface area contributed by atoms with Crippen molar-refractivity contribution in [3.05, 3.63) is 0 Å². The summed E-state index contributed by atoms with van der Waals surface area (Å²) in [5.41, 5.74) is 0. The third-order valence-corrected chi connectivity index (χ3v) is 1.07. The highest BCUT2D eigenvalue weighted by molar-refractivity contribution is 5.58. The molecule has 0 aliphatic rings. The predicted molar refractivity (Wildman–Crippen MR) is 37.9 cm³/mol. The molecule has 0 aromatic rings. The Kier molecular flexibility index (Phi) is 4.91. The number of hydrogen-bond acceptors (Lipinski definition) is 1. The van der Waals surface area contributed by atoms with Gasteiger partial charge in [-0.2, -0.15) is 0 Å². The number of hydrogen-bond donors (Lipinski definition) is 0. The van der Waals surface area contributed by atoms with E-state index in [-0.39, 0.29) is 5.92 Å². The van der Waals surface area contributed by atoms with E-state index in [4.69, 9.17) is 0 Å². The van der Waals surface area contributed by atoms with Gasteiger partial charge in [0.2, 0.25) is 0 Å². The molecule has 0 rings (SSSR count). The van der Waals surface area contributed by atoms with Gasteiger partial charge in [-0.25, -0.2) is 0 Å². The monoisotopic (exact) mass is 124 g/mol. The van der Waals surface area contributed by atoms with Crippen LogP contribution in [0.1, 0.15) is 26.7 Å². The van der Waals surface area contributed by atoms with Gasteiger partial charge >= 0.3 is 0 Å². The maximum atomic E-state index is 10.1. The summed E-state index contributed by atoms with van der Waals surface area (Å²) in [7, 11) is 0. The van der Waals surface area contributed by atoms with Gasteiger partial charge in [-0.1, -0.05) is 19.8 Å². The van der Waals surface area contributed by atoms with E-state index < -0.39 is 0 Å². The van der Waals surface area contributed by atoms with E-state index in [2.05, 4.69) is 11.8 Å². The summed E-state index contributed by atoms with van der Waals surface area (Å²) in [4.78, 5) is 10.1. The minimum absolute atomic E-state index is 0.0371. The fourth-order valence-corrected chi connectivity index (χ4v) is 0.465. The molecule has 0 fully saturated rings. The molecule has 0 amide bonds. The zero-order valence-electron chi connectivity index (χ0n) is 5.98. The molecule has 0 spiro atoms. The average molecular weight is 124 g/mol. The summed E-state index contributed by atoms with van der Waals surface area (Å²) >= 11 is 0. The molecule has 0 bridgehead atoms. The van der Waals surface area contributed by atoms with Crippen LogP contribution >= 0.6 is 0 Å². The molecular weight excluding hydrogens is 112 g/mol. The maximum Gasteiger partial charge on any atom is 0.134 e. The van der Waals surface area contributed by atoms with Crippen molar-refractivity contribution >= 4 is 6.29 Å². The molecule has 0 saturated carbocycles. The minimum atomic E-state index is -0.0371. The van der Waals surface area contributed by atoms with Crippen molar-refractivity contribution in [3.8, 4) is 11.8 Å². The van der Waals surface area contributed by atoms with Crippen LogP contribution in [0.3, 0.4) is 0 Å². The largest absolute Gasteiger partial charge is 0.302 e. The van der Waals surface area contributed by atoms with E-state index in [1.807, 2.05) is 13.8 Å². The van der Waals surface area contributed by atoms with Crippen molar-refractivity contribution in [1.82, 2.24) is 0 Å². The standard InChI is InChI=1S/C8H12O/c1-3-5-6-8(4-2)7-9/h7-8H,3-4H2,1-2H3. The van der Waals surface area contributed by atoms with E-state index in [1.54, 1.807) is 0 Å². The average Bonchev–Trinajstić information content (AvgIpc) is 1.91. The van der Waals surface area contributed by atoms with Gasteiger partial charge in [0, 0.05) is 6.42 Å². The molecular formula is C8H12O. The lowest BCUT2D eigenvalue weighted by atomic mass is 10.1. The van der Waals surface area contributed by atoms with E-state index >= 15 is 0 Å². The van der Waals surface area contributed by atoms with Crippen molar-refractivity contribution in [2.75, 3.05) is 0 Å². The second-order valence-electron chi connectivity index (χ2n) is 1.83. The Morgan fingerprint density at radius 1 is 1.56 bits per heavy atom. The van der Waals surface area contributed by atoms with Gasteiger partial charge in [-0.3, -0.25) is 0 Å². The number of rotatable bonds is 2. The Morgan fingerprint density at radius 3 is 2.56 bits per heavy atom. The maximum absolute atomic E-state index is 10.1. The van der Waals surface area contributed by atoms with Crippen LogP contribution in [0.15, 0.2) is 0 Å². The van der Waals surface area contributed by atoms with Crippen molar-refractivity contribution in [2.24, 2.45) is 5.92 Å². The first-order valence-corrected chi connectivity index (χ1v) is 3.28. The summed E-state index contributed by atoms with van der Waals surface area (Å²) in [6.07, 6.45) is 2.57. The second kappa shape index (κ2) is 5.37. The molecule has 9 heavy (non-hydrogen) atoms. The quantitative estimate of drug-likeness (QED) is 0.404. The van der Waals surface area contributed by atoms with Crippen molar-refractivity contribution in [3.63, 3.8) is 0 Å². The van der Waals surface area contributed by atoms with E-state index in [0.29, 0.717) is 0 Å². The van der Waals surface area contributed by atoms with Gasteiger partial charge in [0.05, 0.1) is 5.92 Å². The molecule has 0 N–H and O–H groups in total. The van der Waals surface area contributed by atoms with Crippen LogP contribution in [0.25, 0.3) is 0 Å². The van der Waals surface area contributed by atoms with Crippen LogP contribution in [0.5, 0.6) is 0 Å². The Balaban J connectivity index is 3.67. The fourth-order valence-electron chi connectivity index (χ4n) is 0.465. The molecule has 1 unspecified atom stereocenters. The Hall–Kier alpha value is -0.770. The van der Waals surface area contributed by atoms with Crippen LogP contribution in [0.2, 0.25) is 0 Å². The van der Waals surface area contributed by atoms with Gasteiger partial charge in [0.15, 0.2) is 0 Å². The molecule has 0 aliphatic heterocycles. The molecule has 1 nitrogen and oxygen atoms in total. The highest BCUT2D eigenvalue weighted by atomic mass is 16.1. The topological polar surface area (TPSA) is 17.1 Å². The molecule has 0 radical (unpaired) electrons. The van der Waals surface area contributed by atoms with E-state index in [9.17, 15) is 4.79 Å². The van der Waals surface area contributed by atoms with Crippen molar-refractivity contribution < 1.29 is 4.79 Å². The summed E-state index contributed by atoms with van der Waals surface area (Å²) in [5.74, 6) is 5.68. The first-order chi connectivity index (χ1) is 4.35. The zero-order valence-corrected chi connectivity index (χ0v) is 5.98. The molecule has 0 saturated heterocycles. The molecule has 0 heterocycles. The lowest BCUT2D eigenvalue weighted by Gasteiger charge is -1.91. The second-order valence-corrected chi connectivity index (χ2v) is 1.83. The third kappa shape index (κ3) is 3.78. The summed E-state index contributed by atoms with van der Waals surface area (Å²) in [6, 6.07) is 0. The highest BCUT2D eigenvalue weighted by Gasteiger charge is 1.95. The zero-order chi connectivity index (χ0) is 7.11. The third-order valence-electron chi connectivity index (χ3n) is 1.07. The molecule has 1 heteroatoms. The minimum Gasteiger partial charge on any atom is -0.302 e. The number of aldehydes is 1. The van der Waals surface area contributed by atoms with Gasteiger partial charge in [-0.05, 0) is 6.42 Å². The molecule has 0 aromatic heterocycles. The first kappa shape index (κ1) is 8.23. The summed E-state index contributed by atoms with van der Waals surface area (Å²) in [5, 5.41) is 0. The van der Waals surface area contributed by atoms with Crippen LogP contribution in [-0.2, 0) is 4.79 Å². The molecule has 0 aliphatic carbocycles. The van der Waals surface area contributed by atoms with E-state index in [0.717, 1.165) is 19.1 Å². The van der Waals surface area contributed by atoms with Gasteiger partial charge in [0.25, 0.3) is 0 Å². The predicted octanol–water partition coefficient (Wildman–Crippen LogP) is 1.62. The Bertz CT molecular complexity index is 127. The fraction of sp³-hybridized carbons (Fsp3) is 0.625. The summed E-state index contributed by atoms with van der Waals surface area (Å²) < 4.78 is 0. The Morgan fingerprint density at radius 2 is 2.22 bits per heavy atom. The smallest absolute Gasteiger partial charge is 0.134 e. The van der Waals surface area contributed by atoms with Crippen LogP contribution in [-0.4, -0.2) is 6.29 Å². The lowest BCUT2D eigenvalue weighted by molar-refractivity contribution is -0.109. The number of carbonyl (C=O) groups is 1. The summed E-state index contributed by atoms with van der Waals surface area (Å²) in [6.45, 7) is 3.94. The SMILES string of the molecule is CCC#CC(C=O)CC. The van der Waals surface area contributed by atoms with Crippen molar-refractivity contribution in [1.29, 1.82) is 0 Å². The molecule has 0 aromatic carbocycles. The lowest BCUT2D eigenvalue weighted by Crippen LogP contribution is -1.94. The molecule has 1 atom stereocenters. The first-order valence-electron chi connectivity index (χ1n) is 3.28. The van der Waals surface area contributed by atoms with Crippen molar-refractivity contribution in [2.45, 2.75) is 26.7 Å². The van der Waals surface area contributed by atoms with Gasteiger partial charge in [0.1, 0.15) is 6.29 Å². The Labute approximate surface area is 56.5 Å². The normalized spacial score (nSPS) is 11.3. The van der Waals surface area contributed by atoms with Crippen LogP contribution < -0.4 is 0 Å². The number of carbonyl (C=O) groups excluding carboxylic acids is 1. The van der Waals surface area contributed by atoms with Gasteiger partial charge in [-0.15, -0.1) is 5.92 Å². The molecule has 50 valence electrons. The van der Waals surface area contributed by atoms with Crippen LogP contribution in [0.4, 0.5) is 0 Å². The van der Waals surface area contributed by atoms with Gasteiger partial charge < -0.3 is 4.79 Å². The van der Waals surface area contributed by atoms with E-state index in [1.165, 1.54) is 0 Å².